The van der Waals surface area contributed by atoms with Gasteiger partial charge in [-0.1, -0.05) is 5.16 Å². The molecule has 3 aromatic heterocycles. The Balaban J connectivity index is 1.48. The number of carboxylic acids is 1. The summed E-state index contributed by atoms with van der Waals surface area (Å²) in [5, 5.41) is 17.8. The number of carbonyl (C=O) groups is 3. The van der Waals surface area contributed by atoms with Crippen molar-refractivity contribution in [2.45, 2.75) is 50.9 Å². The van der Waals surface area contributed by atoms with Gasteiger partial charge in [0.1, 0.15) is 36.5 Å². The summed E-state index contributed by atoms with van der Waals surface area (Å²) in [5.74, 6) is -2.72. The van der Waals surface area contributed by atoms with E-state index in [0.29, 0.717) is 17.4 Å². The summed E-state index contributed by atoms with van der Waals surface area (Å²) in [6, 6.07) is 1.91. The predicted octanol–water partition coefficient (Wildman–Crippen LogP) is -0.970. The molecule has 2 atom stereocenters. The number of nitrogen functional groups attached to an aromatic ring is 1. The van der Waals surface area contributed by atoms with Gasteiger partial charge in [0.15, 0.2) is 10.8 Å². The van der Waals surface area contributed by atoms with Crippen molar-refractivity contribution in [2.75, 3.05) is 18.9 Å². The number of ether oxygens (including phenoxy) is 1. The summed E-state index contributed by atoms with van der Waals surface area (Å²) < 4.78 is 44.8. The molecular formula is C25H32N9O10S2+. The topological polar surface area (TPSA) is 268 Å². The SMILES string of the molecule is CC(COc1ccc(-n2cc[n+](CCCN)c2)nc1)(O/N=C(\C(=O)N[C@@H]1C(=O)N(OS(=O)(=O)O)C1(C)C)c1csc(N)n1)C(=O)O. The Labute approximate surface area is 266 Å². The molecule has 0 saturated carbocycles. The lowest BCUT2D eigenvalue weighted by molar-refractivity contribution is -0.696. The molecule has 1 aliphatic heterocycles. The van der Waals surface area contributed by atoms with Crippen LogP contribution in [0.15, 0.2) is 47.6 Å². The summed E-state index contributed by atoms with van der Waals surface area (Å²) in [4.78, 5) is 51.7. The molecule has 0 aromatic carbocycles. The Kier molecular flexibility index (Phi) is 9.91. The van der Waals surface area contributed by atoms with Gasteiger partial charge in [-0.3, -0.25) is 14.1 Å². The van der Waals surface area contributed by atoms with Crippen LogP contribution in [0.25, 0.3) is 5.82 Å². The fourth-order valence-electron chi connectivity index (χ4n) is 4.06. The van der Waals surface area contributed by atoms with Gasteiger partial charge in [-0.05, 0) is 39.8 Å². The normalized spacial score (nSPS) is 17.6. The number of anilines is 1. The summed E-state index contributed by atoms with van der Waals surface area (Å²) in [5.41, 5.74) is 7.05. The number of thiazole rings is 1. The molecular weight excluding hydrogens is 650 g/mol. The molecule has 3 aromatic rings. The van der Waals surface area contributed by atoms with Crippen LogP contribution in [-0.2, 0) is 40.4 Å². The lowest BCUT2D eigenvalue weighted by Crippen LogP contribution is -2.76. The van der Waals surface area contributed by atoms with Crippen molar-refractivity contribution in [1.29, 1.82) is 0 Å². The van der Waals surface area contributed by atoms with Gasteiger partial charge in [0.05, 0.1) is 18.3 Å². The molecule has 21 heteroatoms. The zero-order chi connectivity index (χ0) is 33.9. The van der Waals surface area contributed by atoms with Gasteiger partial charge in [0.25, 0.3) is 17.4 Å². The Morgan fingerprint density at radius 3 is 2.63 bits per heavy atom. The van der Waals surface area contributed by atoms with Gasteiger partial charge in [-0.25, -0.2) is 19.3 Å². The maximum Gasteiger partial charge on any atom is 0.418 e. The van der Waals surface area contributed by atoms with Gasteiger partial charge in [-0.15, -0.1) is 15.6 Å². The van der Waals surface area contributed by atoms with Crippen molar-refractivity contribution in [2.24, 2.45) is 10.9 Å². The van der Waals surface area contributed by atoms with Gasteiger partial charge in [0, 0.05) is 11.4 Å². The number of oxime groups is 1. The van der Waals surface area contributed by atoms with E-state index < -0.39 is 57.7 Å². The number of nitrogens with zero attached hydrogens (tertiary/aromatic N) is 6. The molecule has 0 bridgehead atoms. The second-order valence-corrected chi connectivity index (χ2v) is 12.6. The van der Waals surface area contributed by atoms with Gasteiger partial charge < -0.3 is 31.5 Å². The van der Waals surface area contributed by atoms with Crippen molar-refractivity contribution in [3.05, 3.63) is 48.1 Å². The third-order valence-corrected chi connectivity index (χ3v) is 7.71. The van der Waals surface area contributed by atoms with E-state index in [1.807, 2.05) is 23.3 Å². The van der Waals surface area contributed by atoms with Crippen molar-refractivity contribution in [1.82, 2.24) is 24.9 Å². The molecule has 1 aliphatic rings. The summed E-state index contributed by atoms with van der Waals surface area (Å²) in [7, 11) is -5.02. The van der Waals surface area contributed by atoms with Crippen LogP contribution in [-0.4, -0.2) is 91.5 Å². The van der Waals surface area contributed by atoms with E-state index in [4.69, 9.17) is 25.6 Å². The number of β-lactam (4-membered cyclic amide) rings is 1. The first-order chi connectivity index (χ1) is 21.5. The highest BCUT2D eigenvalue weighted by atomic mass is 32.3. The Morgan fingerprint density at radius 1 is 1.33 bits per heavy atom. The first kappa shape index (κ1) is 34.2. The van der Waals surface area contributed by atoms with Gasteiger partial charge in [-0.2, -0.15) is 18.0 Å². The summed E-state index contributed by atoms with van der Waals surface area (Å²) in [6.45, 7) is 4.63. The monoisotopic (exact) mass is 682 g/mol. The lowest BCUT2D eigenvalue weighted by atomic mass is 9.84. The number of rotatable bonds is 15. The molecule has 248 valence electrons. The van der Waals surface area contributed by atoms with E-state index in [-0.39, 0.29) is 16.6 Å². The molecule has 0 spiro atoms. The van der Waals surface area contributed by atoms with Crippen molar-refractivity contribution >= 4 is 50.4 Å². The van der Waals surface area contributed by atoms with Crippen molar-refractivity contribution in [3.8, 4) is 11.6 Å². The highest BCUT2D eigenvalue weighted by molar-refractivity contribution is 7.80. The zero-order valence-electron chi connectivity index (χ0n) is 24.8. The number of imidazole rings is 1. The van der Waals surface area contributed by atoms with Crippen molar-refractivity contribution in [3.63, 3.8) is 0 Å². The van der Waals surface area contributed by atoms with E-state index in [1.165, 1.54) is 25.4 Å². The number of aliphatic carboxylic acids is 1. The number of aryl methyl sites for hydroxylation is 1. The molecule has 2 amide bonds. The second kappa shape index (κ2) is 13.3. The Hall–Kier alpha value is -4.70. The molecule has 4 heterocycles. The summed E-state index contributed by atoms with van der Waals surface area (Å²) in [6.07, 6.45) is 7.76. The van der Waals surface area contributed by atoms with Crippen LogP contribution in [0.4, 0.5) is 5.13 Å². The molecule has 7 N–H and O–H groups in total. The number of hydrogen-bond acceptors (Lipinski definition) is 14. The number of aromatic nitrogens is 4. The molecule has 19 nitrogen and oxygen atoms in total. The number of hydrogen-bond donors (Lipinski definition) is 5. The minimum atomic E-state index is -5.02. The third kappa shape index (κ3) is 7.74. The van der Waals surface area contributed by atoms with Crippen LogP contribution in [0.5, 0.6) is 5.75 Å². The van der Waals surface area contributed by atoms with Crippen molar-refractivity contribution < 1.29 is 50.9 Å². The van der Waals surface area contributed by atoms with Crippen LogP contribution in [0.3, 0.4) is 0 Å². The van der Waals surface area contributed by atoms with E-state index in [1.54, 1.807) is 16.7 Å². The number of nitrogens with one attached hydrogen (secondary N) is 1. The van der Waals surface area contributed by atoms with E-state index >= 15 is 0 Å². The lowest BCUT2D eigenvalue weighted by Gasteiger charge is -2.50. The first-order valence-corrected chi connectivity index (χ1v) is 15.7. The second-order valence-electron chi connectivity index (χ2n) is 10.7. The zero-order valence-corrected chi connectivity index (χ0v) is 26.4. The largest absolute Gasteiger partial charge is 0.487 e. The highest BCUT2D eigenvalue weighted by Gasteiger charge is 2.58. The average Bonchev–Trinajstić information content (AvgIpc) is 3.65. The number of carbonyl (C=O) groups excluding carboxylic acids is 2. The third-order valence-electron chi connectivity index (χ3n) is 6.70. The number of pyridine rings is 1. The number of hydroxylamine groups is 2. The molecule has 0 aliphatic carbocycles. The quantitative estimate of drug-likeness (QED) is 0.0425. The number of nitrogens with two attached hydrogens (primary N) is 2. The minimum absolute atomic E-state index is 0.0499. The Morgan fingerprint density at radius 2 is 2.07 bits per heavy atom. The van der Waals surface area contributed by atoms with E-state index in [0.717, 1.165) is 31.2 Å². The predicted molar refractivity (Wildman–Crippen MR) is 159 cm³/mol. The molecule has 1 unspecified atom stereocenters. The molecule has 46 heavy (non-hydrogen) atoms. The van der Waals surface area contributed by atoms with Gasteiger partial charge >= 0.3 is 16.4 Å². The molecule has 4 rings (SSSR count). The van der Waals surface area contributed by atoms with Crippen LogP contribution in [0, 0.1) is 0 Å². The smallest absolute Gasteiger partial charge is 0.418 e. The molecule has 1 fully saturated rings. The summed E-state index contributed by atoms with van der Waals surface area (Å²) >= 11 is 0.952. The fourth-order valence-corrected chi connectivity index (χ4v) is 5.06. The van der Waals surface area contributed by atoms with Crippen LogP contribution >= 0.6 is 11.3 Å². The Bertz CT molecular complexity index is 1740. The number of carboxylic acid groups (broad SMARTS) is 1. The van der Waals surface area contributed by atoms with Crippen LogP contribution in [0.2, 0.25) is 0 Å². The maximum absolute atomic E-state index is 13.3. The number of amides is 2. The van der Waals surface area contributed by atoms with E-state index in [2.05, 4.69) is 24.7 Å². The minimum Gasteiger partial charge on any atom is -0.487 e. The van der Waals surface area contributed by atoms with E-state index in [9.17, 15) is 27.9 Å². The average molecular weight is 683 g/mol. The fraction of sp³-hybridized carbons (Fsp3) is 0.400. The maximum atomic E-state index is 13.3. The highest BCUT2D eigenvalue weighted by Crippen LogP contribution is 2.33. The van der Waals surface area contributed by atoms with Crippen LogP contribution < -0.4 is 26.1 Å². The molecule has 1 saturated heterocycles. The molecule has 0 radical (unpaired) electrons. The standard InChI is InChI=1S/C25H31N9O10S2/c1-24(2)19(21(36)34(24)44-46(39,40)41)30-20(35)18(16-12-45-23(27)29-16)31-43-25(3,22(37)38)13-42-15-5-6-17(28-11-15)33-10-9-32(14-33)8-4-7-26/h5-6,9-12,14,19H,4,7-8,13,26H2,1-3H3,(H4-,27,29,30,35,37,38,39,40,41)/p+1/b31-18-/t19-,25?/m1/s1. The van der Waals surface area contributed by atoms with Gasteiger partial charge in [0.2, 0.25) is 12.1 Å². The van der Waals surface area contributed by atoms with Crippen LogP contribution in [0.1, 0.15) is 32.9 Å². The first-order valence-electron chi connectivity index (χ1n) is 13.4.